The van der Waals surface area contributed by atoms with Crippen LogP contribution in [0.5, 0.6) is 0 Å². The number of nitrogens with two attached hydrogens (primary N) is 1. The van der Waals surface area contributed by atoms with Gasteiger partial charge >= 0.3 is 0 Å². The molecule has 2 N–H and O–H groups in total. The Kier molecular flexibility index (Phi) is 3.73. The maximum atomic E-state index is 9.58. The molecule has 5 heteroatoms. The van der Waals surface area contributed by atoms with Crippen molar-refractivity contribution in [3.05, 3.63) is 65.2 Å². The molecule has 0 aliphatic heterocycles. The molecule has 0 bridgehead atoms. The fourth-order valence-electron chi connectivity index (χ4n) is 2.23. The zero-order valence-corrected chi connectivity index (χ0v) is 12.2. The lowest BCUT2D eigenvalue weighted by atomic mass is 10.0. The van der Waals surface area contributed by atoms with Crippen LogP contribution in [-0.4, -0.2) is 9.97 Å². The highest BCUT2D eigenvalue weighted by molar-refractivity contribution is 6.30. The van der Waals surface area contributed by atoms with Crippen LogP contribution in [0.1, 0.15) is 5.56 Å². The molecule has 0 aliphatic rings. The Morgan fingerprint density at radius 3 is 2.18 bits per heavy atom. The van der Waals surface area contributed by atoms with E-state index in [1.807, 2.05) is 36.4 Å². The van der Waals surface area contributed by atoms with Crippen LogP contribution in [0.15, 0.2) is 54.6 Å². The topological polar surface area (TPSA) is 75.6 Å². The van der Waals surface area contributed by atoms with Gasteiger partial charge in [0.2, 0.25) is 5.95 Å². The van der Waals surface area contributed by atoms with Gasteiger partial charge in [0.1, 0.15) is 11.6 Å². The van der Waals surface area contributed by atoms with Crippen LogP contribution in [-0.2, 0) is 0 Å². The molecule has 0 saturated carbocycles. The molecular formula is C17H11ClN4. The monoisotopic (exact) mass is 306 g/mol. The second-order valence-corrected chi connectivity index (χ2v) is 5.08. The fourth-order valence-corrected chi connectivity index (χ4v) is 2.42. The van der Waals surface area contributed by atoms with Crippen LogP contribution in [0, 0.1) is 11.3 Å². The third-order valence-corrected chi connectivity index (χ3v) is 3.42. The molecule has 0 radical (unpaired) electrons. The maximum absolute atomic E-state index is 9.58. The highest BCUT2D eigenvalue weighted by Gasteiger charge is 2.16. The molecule has 22 heavy (non-hydrogen) atoms. The lowest BCUT2D eigenvalue weighted by molar-refractivity contribution is 1.18. The number of nitrogen functional groups attached to an aromatic ring is 1. The number of hydrogen-bond acceptors (Lipinski definition) is 4. The van der Waals surface area contributed by atoms with E-state index in [0.29, 0.717) is 22.0 Å². The van der Waals surface area contributed by atoms with E-state index < -0.39 is 0 Å². The fraction of sp³-hybridized carbons (Fsp3) is 0. The van der Waals surface area contributed by atoms with Gasteiger partial charge in [-0.1, -0.05) is 54.1 Å². The summed E-state index contributed by atoms with van der Waals surface area (Å²) in [5.41, 5.74) is 8.76. The van der Waals surface area contributed by atoms with Gasteiger partial charge in [-0.25, -0.2) is 9.97 Å². The first-order valence-electron chi connectivity index (χ1n) is 6.58. The average Bonchev–Trinajstić information content (AvgIpc) is 2.55. The Labute approximate surface area is 132 Å². The molecule has 1 aromatic heterocycles. The molecule has 3 rings (SSSR count). The maximum Gasteiger partial charge on any atom is 0.221 e. The molecule has 106 valence electrons. The minimum Gasteiger partial charge on any atom is -0.368 e. The van der Waals surface area contributed by atoms with Gasteiger partial charge < -0.3 is 5.73 Å². The van der Waals surface area contributed by atoms with Gasteiger partial charge in [0.05, 0.1) is 11.4 Å². The zero-order chi connectivity index (χ0) is 15.5. The van der Waals surface area contributed by atoms with Crippen LogP contribution in [0.2, 0.25) is 5.02 Å². The van der Waals surface area contributed by atoms with E-state index in [2.05, 4.69) is 16.0 Å². The summed E-state index contributed by atoms with van der Waals surface area (Å²) in [6.45, 7) is 0. The van der Waals surface area contributed by atoms with Gasteiger partial charge in [0.15, 0.2) is 0 Å². The van der Waals surface area contributed by atoms with Gasteiger partial charge in [-0.2, -0.15) is 5.26 Å². The summed E-state index contributed by atoms with van der Waals surface area (Å²) in [5.74, 6) is 0.118. The predicted octanol–water partition coefficient (Wildman–Crippen LogP) is 3.92. The third kappa shape index (κ3) is 2.62. The molecule has 0 saturated heterocycles. The highest BCUT2D eigenvalue weighted by atomic mass is 35.5. The molecule has 4 nitrogen and oxygen atoms in total. The molecule has 0 fully saturated rings. The van der Waals surface area contributed by atoms with E-state index in [0.717, 1.165) is 11.1 Å². The number of hydrogen-bond donors (Lipinski definition) is 1. The van der Waals surface area contributed by atoms with Crippen molar-refractivity contribution in [1.29, 1.82) is 5.26 Å². The number of anilines is 1. The minimum atomic E-state index is 0.118. The first kappa shape index (κ1) is 14.1. The van der Waals surface area contributed by atoms with E-state index in [1.165, 1.54) is 0 Å². The first-order chi connectivity index (χ1) is 10.7. The SMILES string of the molecule is N#Cc1c(-c2ccccc2)nc(N)nc1-c1cccc(Cl)c1. The highest BCUT2D eigenvalue weighted by Crippen LogP contribution is 2.30. The van der Waals surface area contributed by atoms with Crippen molar-refractivity contribution in [3.63, 3.8) is 0 Å². The molecular weight excluding hydrogens is 296 g/mol. The van der Waals surface area contributed by atoms with Crippen molar-refractivity contribution in [1.82, 2.24) is 9.97 Å². The normalized spacial score (nSPS) is 10.2. The lowest BCUT2D eigenvalue weighted by Crippen LogP contribution is -2.03. The molecule has 1 heterocycles. The number of rotatable bonds is 2. The van der Waals surface area contributed by atoms with Crippen molar-refractivity contribution in [2.24, 2.45) is 0 Å². The van der Waals surface area contributed by atoms with E-state index in [4.69, 9.17) is 17.3 Å². The Hall–Kier alpha value is -2.90. The summed E-state index contributed by atoms with van der Waals surface area (Å²) in [7, 11) is 0. The number of benzene rings is 2. The van der Waals surface area contributed by atoms with E-state index >= 15 is 0 Å². The number of halogens is 1. The molecule has 3 aromatic rings. The quantitative estimate of drug-likeness (QED) is 0.778. The van der Waals surface area contributed by atoms with Gasteiger partial charge in [-0.05, 0) is 12.1 Å². The van der Waals surface area contributed by atoms with Gasteiger partial charge in [0.25, 0.3) is 0 Å². The van der Waals surface area contributed by atoms with Crippen LogP contribution in [0.3, 0.4) is 0 Å². The van der Waals surface area contributed by atoms with Crippen LogP contribution in [0.25, 0.3) is 22.5 Å². The van der Waals surface area contributed by atoms with Gasteiger partial charge in [0, 0.05) is 16.1 Å². The Morgan fingerprint density at radius 2 is 1.55 bits per heavy atom. The first-order valence-corrected chi connectivity index (χ1v) is 6.96. The summed E-state index contributed by atoms with van der Waals surface area (Å²) in [6.07, 6.45) is 0. The second-order valence-electron chi connectivity index (χ2n) is 4.64. The largest absolute Gasteiger partial charge is 0.368 e. The standard InChI is InChI=1S/C17H11ClN4/c18-13-8-4-7-12(9-13)16-14(10-19)15(21-17(20)22-16)11-5-2-1-3-6-11/h1-9H,(H2,20,21,22). The number of aromatic nitrogens is 2. The van der Waals surface area contributed by atoms with Crippen molar-refractivity contribution in [2.75, 3.05) is 5.73 Å². The molecule has 0 amide bonds. The number of nitriles is 1. The van der Waals surface area contributed by atoms with Crippen molar-refractivity contribution in [3.8, 4) is 28.6 Å². The summed E-state index contributed by atoms with van der Waals surface area (Å²) >= 11 is 6.03. The van der Waals surface area contributed by atoms with Gasteiger partial charge in [-0.15, -0.1) is 0 Å². The molecule has 0 unspecified atom stereocenters. The lowest BCUT2D eigenvalue weighted by Gasteiger charge is -2.10. The Balaban J connectivity index is 2.29. The van der Waals surface area contributed by atoms with E-state index in [1.54, 1.807) is 18.2 Å². The van der Waals surface area contributed by atoms with Crippen molar-refractivity contribution < 1.29 is 0 Å². The van der Waals surface area contributed by atoms with Crippen LogP contribution >= 0.6 is 11.6 Å². The van der Waals surface area contributed by atoms with E-state index in [-0.39, 0.29) is 5.95 Å². The second kappa shape index (κ2) is 5.84. The molecule has 0 aliphatic carbocycles. The van der Waals surface area contributed by atoms with Crippen LogP contribution in [0.4, 0.5) is 5.95 Å². The van der Waals surface area contributed by atoms with Crippen molar-refractivity contribution in [2.45, 2.75) is 0 Å². The Morgan fingerprint density at radius 1 is 0.909 bits per heavy atom. The Bertz CT molecular complexity index is 870. The molecule has 0 atom stereocenters. The smallest absolute Gasteiger partial charge is 0.221 e. The molecule has 2 aromatic carbocycles. The predicted molar refractivity (Wildman–Crippen MR) is 87.0 cm³/mol. The zero-order valence-electron chi connectivity index (χ0n) is 11.5. The summed E-state index contributed by atoms with van der Waals surface area (Å²) < 4.78 is 0. The van der Waals surface area contributed by atoms with Gasteiger partial charge in [-0.3, -0.25) is 0 Å². The van der Waals surface area contributed by atoms with E-state index in [9.17, 15) is 5.26 Å². The summed E-state index contributed by atoms with van der Waals surface area (Å²) in [4.78, 5) is 8.46. The minimum absolute atomic E-state index is 0.118. The van der Waals surface area contributed by atoms with Crippen LogP contribution < -0.4 is 5.73 Å². The molecule has 0 spiro atoms. The van der Waals surface area contributed by atoms with Crippen molar-refractivity contribution >= 4 is 17.5 Å². The summed E-state index contributed by atoms with van der Waals surface area (Å²) in [5, 5.41) is 10.1. The number of nitrogens with zero attached hydrogens (tertiary/aromatic N) is 3. The third-order valence-electron chi connectivity index (χ3n) is 3.18. The summed E-state index contributed by atoms with van der Waals surface area (Å²) in [6, 6.07) is 18.8. The average molecular weight is 307 g/mol.